The number of nitrogens with two attached hydrogens (primary N) is 1. The minimum Gasteiger partial charge on any atom is -0.381 e. The Hall–Kier alpha value is -0.980. The molecule has 0 aliphatic carbocycles. The maximum Gasteiger partial charge on any atom is 0.232 e. The van der Waals surface area contributed by atoms with Crippen molar-refractivity contribution in [2.45, 2.75) is 57.7 Å². The first-order valence-electron chi connectivity index (χ1n) is 7.24. The van der Waals surface area contributed by atoms with Crippen molar-refractivity contribution >= 4 is 0 Å². The Morgan fingerprint density at radius 2 is 2.20 bits per heavy atom. The largest absolute Gasteiger partial charge is 0.381 e. The van der Waals surface area contributed by atoms with Crippen LogP contribution in [0, 0.1) is 0 Å². The first-order valence-corrected chi connectivity index (χ1v) is 7.24. The highest BCUT2D eigenvalue weighted by molar-refractivity contribution is 4.99. The number of nitrogens with zero attached hydrogens (tertiary/aromatic N) is 3. The Balaban J connectivity index is 2.00. The first-order chi connectivity index (χ1) is 9.44. The van der Waals surface area contributed by atoms with Crippen molar-refractivity contribution in [3.05, 3.63) is 11.7 Å². The minimum atomic E-state index is -0.110. The summed E-state index contributed by atoms with van der Waals surface area (Å²) in [6.45, 7) is 8.48. The number of methoxy groups -OCH3 is 1. The molecule has 20 heavy (non-hydrogen) atoms. The molecule has 0 spiro atoms. The van der Waals surface area contributed by atoms with Gasteiger partial charge in [0.05, 0.1) is 12.6 Å². The lowest BCUT2D eigenvalue weighted by Crippen LogP contribution is -2.48. The molecule has 0 radical (unpaired) electrons. The summed E-state index contributed by atoms with van der Waals surface area (Å²) >= 11 is 0. The summed E-state index contributed by atoms with van der Waals surface area (Å²) in [5, 5.41) is 4.08. The van der Waals surface area contributed by atoms with E-state index < -0.39 is 0 Å². The smallest absolute Gasteiger partial charge is 0.232 e. The van der Waals surface area contributed by atoms with Gasteiger partial charge >= 0.3 is 0 Å². The van der Waals surface area contributed by atoms with Gasteiger partial charge in [-0.1, -0.05) is 25.9 Å². The average Bonchev–Trinajstić information content (AvgIpc) is 2.87. The van der Waals surface area contributed by atoms with Crippen molar-refractivity contribution in [3.63, 3.8) is 0 Å². The Bertz CT molecular complexity index is 427. The third kappa shape index (κ3) is 3.56. The predicted octanol–water partition coefficient (Wildman–Crippen LogP) is 1.31. The standard InChI is InChI=1S/C14H26N4O2/c1-14(2,3)13-16-12(17-20-13)9-18-6-5-11(19-4)7-10(18)8-15/h10-11H,5-9,15H2,1-4H3. The summed E-state index contributed by atoms with van der Waals surface area (Å²) in [7, 11) is 1.77. The third-order valence-electron chi connectivity index (χ3n) is 3.85. The Labute approximate surface area is 120 Å². The summed E-state index contributed by atoms with van der Waals surface area (Å²) in [6.07, 6.45) is 2.31. The van der Waals surface area contributed by atoms with Crippen molar-refractivity contribution in [1.29, 1.82) is 0 Å². The molecule has 0 aromatic carbocycles. The van der Waals surface area contributed by atoms with Gasteiger partial charge in [0.15, 0.2) is 5.82 Å². The summed E-state index contributed by atoms with van der Waals surface area (Å²) in [5.74, 6) is 1.42. The molecule has 1 saturated heterocycles. The Morgan fingerprint density at radius 1 is 1.45 bits per heavy atom. The van der Waals surface area contributed by atoms with Crippen LogP contribution in [-0.2, 0) is 16.7 Å². The molecule has 1 fully saturated rings. The van der Waals surface area contributed by atoms with Crippen LogP contribution in [0.4, 0.5) is 0 Å². The maximum atomic E-state index is 5.88. The maximum absolute atomic E-state index is 5.88. The zero-order valence-corrected chi connectivity index (χ0v) is 12.9. The second-order valence-electron chi connectivity index (χ2n) is 6.51. The van der Waals surface area contributed by atoms with Gasteiger partial charge in [0, 0.05) is 31.7 Å². The van der Waals surface area contributed by atoms with Gasteiger partial charge in [-0.2, -0.15) is 4.98 Å². The molecule has 2 atom stereocenters. The number of hydrogen-bond acceptors (Lipinski definition) is 6. The van der Waals surface area contributed by atoms with Gasteiger partial charge in [0.1, 0.15) is 0 Å². The van der Waals surface area contributed by atoms with Gasteiger partial charge in [-0.3, -0.25) is 4.90 Å². The van der Waals surface area contributed by atoms with E-state index in [2.05, 4.69) is 35.8 Å². The van der Waals surface area contributed by atoms with Gasteiger partial charge in [-0.05, 0) is 12.8 Å². The molecule has 114 valence electrons. The van der Waals surface area contributed by atoms with E-state index in [1.165, 1.54) is 0 Å². The van der Waals surface area contributed by atoms with Crippen LogP contribution in [0.3, 0.4) is 0 Å². The highest BCUT2D eigenvalue weighted by Crippen LogP contribution is 2.23. The van der Waals surface area contributed by atoms with Gasteiger partial charge in [0.25, 0.3) is 0 Å². The zero-order valence-electron chi connectivity index (χ0n) is 12.9. The fraction of sp³-hybridized carbons (Fsp3) is 0.857. The van der Waals surface area contributed by atoms with Crippen molar-refractivity contribution in [1.82, 2.24) is 15.0 Å². The lowest BCUT2D eigenvalue weighted by molar-refractivity contribution is 0.00910. The van der Waals surface area contributed by atoms with E-state index in [4.69, 9.17) is 15.0 Å². The molecule has 1 aromatic heterocycles. The molecule has 2 heterocycles. The minimum absolute atomic E-state index is 0.110. The van der Waals surface area contributed by atoms with Crippen molar-refractivity contribution in [3.8, 4) is 0 Å². The van der Waals surface area contributed by atoms with E-state index >= 15 is 0 Å². The molecular weight excluding hydrogens is 256 g/mol. The summed E-state index contributed by atoms with van der Waals surface area (Å²) in [6, 6.07) is 0.324. The molecule has 0 amide bonds. The van der Waals surface area contributed by atoms with E-state index in [0.29, 0.717) is 31.1 Å². The molecule has 2 unspecified atom stereocenters. The molecule has 1 aliphatic rings. The predicted molar refractivity (Wildman–Crippen MR) is 76.3 cm³/mol. The molecular formula is C14H26N4O2. The van der Waals surface area contributed by atoms with Crippen LogP contribution in [0.1, 0.15) is 45.3 Å². The van der Waals surface area contributed by atoms with E-state index in [9.17, 15) is 0 Å². The molecule has 6 heteroatoms. The van der Waals surface area contributed by atoms with Crippen LogP contribution >= 0.6 is 0 Å². The SMILES string of the molecule is COC1CCN(Cc2noc(C(C)(C)C)n2)C(CN)C1. The van der Waals surface area contributed by atoms with Gasteiger partial charge in [-0.15, -0.1) is 0 Å². The second kappa shape index (κ2) is 6.20. The van der Waals surface area contributed by atoms with Crippen LogP contribution < -0.4 is 5.73 Å². The van der Waals surface area contributed by atoms with E-state index in [1.807, 2.05) is 0 Å². The van der Waals surface area contributed by atoms with E-state index in [1.54, 1.807) is 7.11 Å². The molecule has 6 nitrogen and oxygen atoms in total. The molecule has 1 aromatic rings. The highest BCUT2D eigenvalue weighted by atomic mass is 16.5. The van der Waals surface area contributed by atoms with E-state index in [0.717, 1.165) is 25.2 Å². The number of hydrogen-bond donors (Lipinski definition) is 1. The normalized spacial score (nSPS) is 25.1. The van der Waals surface area contributed by atoms with Gasteiger partial charge in [-0.25, -0.2) is 0 Å². The summed E-state index contributed by atoms with van der Waals surface area (Å²) < 4.78 is 10.8. The van der Waals surface area contributed by atoms with Crippen LogP contribution in [0.2, 0.25) is 0 Å². The first kappa shape index (κ1) is 15.4. The monoisotopic (exact) mass is 282 g/mol. The topological polar surface area (TPSA) is 77.4 Å². The number of piperidine rings is 1. The van der Waals surface area contributed by atoms with Crippen LogP contribution in [0.5, 0.6) is 0 Å². The number of likely N-dealkylation sites (tertiary alicyclic amines) is 1. The van der Waals surface area contributed by atoms with Crippen molar-refractivity contribution in [2.24, 2.45) is 5.73 Å². The highest BCUT2D eigenvalue weighted by Gasteiger charge is 2.29. The number of ether oxygens (including phenoxy) is 1. The van der Waals surface area contributed by atoms with Crippen molar-refractivity contribution < 1.29 is 9.26 Å². The second-order valence-corrected chi connectivity index (χ2v) is 6.51. The van der Waals surface area contributed by atoms with Crippen LogP contribution in [-0.4, -0.2) is 47.4 Å². The van der Waals surface area contributed by atoms with Gasteiger partial charge < -0.3 is 15.0 Å². The Kier molecular flexibility index (Phi) is 4.78. The lowest BCUT2D eigenvalue weighted by atomic mass is 9.97. The molecule has 0 saturated carbocycles. The quantitative estimate of drug-likeness (QED) is 0.897. The van der Waals surface area contributed by atoms with E-state index in [-0.39, 0.29) is 5.41 Å². The molecule has 2 N–H and O–H groups in total. The van der Waals surface area contributed by atoms with Crippen molar-refractivity contribution in [2.75, 3.05) is 20.2 Å². The summed E-state index contributed by atoms with van der Waals surface area (Å²) in [5.41, 5.74) is 5.77. The fourth-order valence-electron chi connectivity index (χ4n) is 2.53. The molecule has 0 bridgehead atoms. The number of aromatic nitrogens is 2. The lowest BCUT2D eigenvalue weighted by Gasteiger charge is -2.37. The average molecular weight is 282 g/mol. The zero-order chi connectivity index (χ0) is 14.8. The van der Waals surface area contributed by atoms with Gasteiger partial charge in [0.2, 0.25) is 5.89 Å². The Morgan fingerprint density at radius 3 is 2.75 bits per heavy atom. The van der Waals surface area contributed by atoms with Crippen LogP contribution in [0.15, 0.2) is 4.52 Å². The van der Waals surface area contributed by atoms with Crippen LogP contribution in [0.25, 0.3) is 0 Å². The fourth-order valence-corrected chi connectivity index (χ4v) is 2.53. The molecule has 1 aliphatic heterocycles. The molecule has 2 rings (SSSR count). The third-order valence-corrected chi connectivity index (χ3v) is 3.85. The number of rotatable bonds is 4. The summed E-state index contributed by atoms with van der Waals surface area (Å²) in [4.78, 5) is 6.82.